The third-order valence-electron chi connectivity index (χ3n) is 18.0. The molecule has 0 spiro atoms. The molecule has 0 saturated heterocycles. The zero-order valence-electron chi connectivity index (χ0n) is 56.2. The number of fused-ring (bicyclic) bond motifs is 8. The number of aromatic amines is 4. The predicted molar refractivity (Wildman–Crippen MR) is 391 cm³/mol. The predicted octanol–water partition coefficient (Wildman–Crippen LogP) is 12.0. The summed E-state index contributed by atoms with van der Waals surface area (Å²) >= 11 is 24.8. The molecule has 0 bridgehead atoms. The highest BCUT2D eigenvalue weighted by Gasteiger charge is 2.42. The first-order valence-corrected chi connectivity index (χ1v) is 36.5. The lowest BCUT2D eigenvalue weighted by molar-refractivity contribution is -0.120. The van der Waals surface area contributed by atoms with Crippen LogP contribution in [0.5, 0.6) is 0 Å². The van der Waals surface area contributed by atoms with Crippen LogP contribution in [0, 0.1) is 27.7 Å². The highest BCUT2D eigenvalue weighted by Crippen LogP contribution is 2.51. The Balaban J connectivity index is 0.000000122. The summed E-state index contributed by atoms with van der Waals surface area (Å²) < 4.78 is 39.1. The quantitative estimate of drug-likeness (QED) is 0.0624. The van der Waals surface area contributed by atoms with Gasteiger partial charge >= 0.3 is 0 Å². The van der Waals surface area contributed by atoms with Gasteiger partial charge in [-0.05, 0) is 162 Å². The van der Waals surface area contributed by atoms with Gasteiger partial charge in [-0.15, -0.1) is 40.8 Å². The second-order valence-electron chi connectivity index (χ2n) is 25.2. The van der Waals surface area contributed by atoms with E-state index < -0.39 is 31.7 Å². The van der Waals surface area contributed by atoms with Gasteiger partial charge in [0, 0.05) is 124 Å². The molecule has 3 atom stereocenters. The number of aromatic nitrogens is 16. The molecule has 1 amide bonds. The number of sulfone groups is 1. The average Bonchev–Trinajstić information content (AvgIpc) is 1.43. The van der Waals surface area contributed by atoms with Gasteiger partial charge in [-0.1, -0.05) is 115 Å². The van der Waals surface area contributed by atoms with Gasteiger partial charge in [-0.2, -0.15) is 20.9 Å². The van der Waals surface area contributed by atoms with Crippen molar-refractivity contribution in [2.75, 3.05) is 45.8 Å². The van der Waals surface area contributed by atoms with Crippen molar-refractivity contribution < 1.29 is 17.4 Å². The molecule has 0 saturated carbocycles. The normalized spacial score (nSPS) is 16.9. The number of carbonyl (C=O) groups is 1. The van der Waals surface area contributed by atoms with Crippen molar-refractivity contribution in [3.05, 3.63) is 233 Å². The maximum atomic E-state index is 13.1. The largest absolute Gasteiger partial charge is 0.343 e. The Kier molecular flexibility index (Phi) is 20.1. The summed E-state index contributed by atoms with van der Waals surface area (Å²) in [7, 11) is -4.87. The van der Waals surface area contributed by atoms with Crippen molar-refractivity contribution >= 4 is 118 Å². The molecule has 8 heterocycles. The minimum Gasteiger partial charge on any atom is -0.343 e. The number of aryl methyl sites for hydroxylation is 4. The lowest BCUT2D eigenvalue weighted by Crippen LogP contribution is -2.47. The van der Waals surface area contributed by atoms with E-state index in [1.165, 1.54) is 18.6 Å². The van der Waals surface area contributed by atoms with Crippen LogP contribution in [0.25, 0.3) is 0 Å². The molecule has 7 N–H and O–H groups in total. The van der Waals surface area contributed by atoms with Crippen LogP contribution in [0.1, 0.15) is 88.6 Å². The lowest BCUT2D eigenvalue weighted by atomic mass is 9.78. The SMILES string of the molecule is CC(=O)NC1(C)c2cc(C)ccc2N(CCc2nn[nH]n2)c2ccc(Cl)cc21.Cc1ccc2c(c1)C(C)(N)c1cc(Cl)ccc1N2CCc1nn[nH]n1.Cc1ccc2c(c1)S(=O)(=O)c1cc(Cl)ccc1N2CCc1nn[nH]n1.Cc1ccc2c(c1)S(=O)c1cc(Cl)ccc1N2CCc1nn[nH]n1. The summed E-state index contributed by atoms with van der Waals surface area (Å²) in [6, 6.07) is 46.2. The molecule has 32 heteroatoms. The van der Waals surface area contributed by atoms with E-state index in [0.29, 0.717) is 100 Å². The fraction of sp³-hybridized carbons (Fsp3) is 0.243. The number of carbonyl (C=O) groups excluding carboxylic acids is 1. The third kappa shape index (κ3) is 14.3. The minimum absolute atomic E-state index is 0.0962. The number of nitrogens with one attached hydrogen (secondary N) is 5. The van der Waals surface area contributed by atoms with Crippen molar-refractivity contribution in [1.82, 2.24) is 87.8 Å². The number of halogens is 4. The zero-order valence-corrected chi connectivity index (χ0v) is 60.9. The average molecular weight is 1490 g/mol. The Morgan fingerprint density at radius 3 is 1.22 bits per heavy atom. The Labute approximate surface area is 609 Å². The number of amides is 1. The van der Waals surface area contributed by atoms with E-state index in [4.69, 9.17) is 52.1 Å². The van der Waals surface area contributed by atoms with Crippen molar-refractivity contribution in [2.24, 2.45) is 5.73 Å². The molecule has 0 fully saturated rings. The van der Waals surface area contributed by atoms with E-state index >= 15 is 0 Å². The number of hydrogen-bond donors (Lipinski definition) is 6. The second-order valence-corrected chi connectivity index (χ2v) is 30.3. The lowest BCUT2D eigenvalue weighted by Gasteiger charge is -2.44. The van der Waals surface area contributed by atoms with Crippen LogP contribution in [0.2, 0.25) is 20.1 Å². The van der Waals surface area contributed by atoms with Gasteiger partial charge in [0.15, 0.2) is 23.3 Å². The maximum Gasteiger partial charge on any atom is 0.217 e. The van der Waals surface area contributed by atoms with E-state index in [9.17, 15) is 17.4 Å². The Bertz CT molecular complexity index is 5000. The van der Waals surface area contributed by atoms with Gasteiger partial charge in [0.1, 0.15) is 0 Å². The fourth-order valence-electron chi connectivity index (χ4n) is 13.2. The second kappa shape index (κ2) is 29.1. The Morgan fingerprint density at radius 2 is 0.755 bits per heavy atom. The summed E-state index contributed by atoms with van der Waals surface area (Å²) in [6.45, 7) is 16.1. The maximum absolute atomic E-state index is 13.1. The number of benzene rings is 8. The number of hydrogen-bond acceptors (Lipinski definition) is 21. The first-order chi connectivity index (χ1) is 48.9. The summed E-state index contributed by atoms with van der Waals surface area (Å²) in [5, 5.41) is 61.8. The fourth-order valence-corrected chi connectivity index (χ4v) is 17.3. The molecular formula is C70H68Cl4N22O4S2. The van der Waals surface area contributed by atoms with E-state index in [1.54, 1.807) is 24.3 Å². The van der Waals surface area contributed by atoms with Gasteiger partial charge in [0.05, 0.1) is 64.2 Å². The standard InChI is InChI=1S/C20H21ClN6O.C18H19ClN6.C16H14ClN5O2S.C16H14ClN5OS/c1-12-4-6-17-15(10-12)20(3,22-13(2)28)16-11-14(21)5-7-18(16)27(17)9-8-19-23-25-26-24-19;1-11-3-5-15-13(9-11)18(2,20)14-10-12(19)4-6-16(14)25(15)8-7-17-21-23-24-22-17;1-10-2-4-12-14(8-10)25(23,24)15-9-11(17)3-5-13(15)22(12)7-6-16-18-20-21-19-16;1-10-2-4-12-14(8-10)24(23)15-9-11(17)3-5-13(15)22(12)7-6-16-18-20-21-19-16/h4-7,10-11H,8-9H2,1-3H3,(H,22,28)(H,23,24,25,26);3-6,9-10H,7-8,20H2,1-2H3,(H,21,22,23,24);2-5,8-9H,6-7H2,1H3,(H,18,19,20,21);2-5,8-9H,6-7H2,1H3,(H,18,19,20,21). The molecule has 3 unspecified atom stereocenters. The molecule has 26 nitrogen and oxygen atoms in total. The number of tetrazole rings is 4. The van der Waals surface area contributed by atoms with Gasteiger partial charge in [0.25, 0.3) is 0 Å². The highest BCUT2D eigenvalue weighted by molar-refractivity contribution is 7.92. The Morgan fingerprint density at radius 1 is 0.441 bits per heavy atom. The number of anilines is 8. The van der Waals surface area contributed by atoms with Crippen molar-refractivity contribution in [2.45, 2.75) is 105 Å². The monoisotopic (exact) mass is 1480 g/mol. The van der Waals surface area contributed by atoms with E-state index in [-0.39, 0.29) is 15.7 Å². The number of nitrogens with two attached hydrogens (primary N) is 1. The molecule has 12 aromatic rings. The summed E-state index contributed by atoms with van der Waals surface area (Å²) in [5.74, 6) is 2.45. The zero-order chi connectivity index (χ0) is 71.8. The van der Waals surface area contributed by atoms with Crippen molar-refractivity contribution in [3.8, 4) is 0 Å². The highest BCUT2D eigenvalue weighted by atomic mass is 35.5. The van der Waals surface area contributed by atoms with Crippen molar-refractivity contribution in [3.63, 3.8) is 0 Å². The summed E-state index contributed by atoms with van der Waals surface area (Å²) in [6.07, 6.45) is 2.44. The van der Waals surface area contributed by atoms with Gasteiger partial charge in [-0.3, -0.25) is 4.79 Å². The first-order valence-electron chi connectivity index (χ1n) is 32.3. The van der Waals surface area contributed by atoms with Crippen LogP contribution in [-0.2, 0) is 62.2 Å². The first kappa shape index (κ1) is 70.4. The molecule has 4 aliphatic rings. The van der Waals surface area contributed by atoms with Gasteiger partial charge < -0.3 is 30.7 Å². The third-order valence-corrected chi connectivity index (χ3v) is 22.2. The van der Waals surface area contributed by atoms with E-state index in [1.807, 2.05) is 118 Å². The topological polar surface area (TPSA) is 337 Å². The molecular weight excluding hydrogens is 1420 g/mol. The van der Waals surface area contributed by atoms with Crippen LogP contribution >= 0.6 is 46.4 Å². The smallest absolute Gasteiger partial charge is 0.217 e. The van der Waals surface area contributed by atoms with Gasteiger partial charge in [-0.25, -0.2) is 12.6 Å². The number of rotatable bonds is 13. The molecule has 4 aromatic heterocycles. The van der Waals surface area contributed by atoms with Crippen LogP contribution in [0.3, 0.4) is 0 Å². The summed E-state index contributed by atoms with van der Waals surface area (Å²) in [4.78, 5) is 22.7. The molecule has 4 aliphatic heterocycles. The van der Waals surface area contributed by atoms with Crippen LogP contribution in [-0.4, -0.2) is 127 Å². The van der Waals surface area contributed by atoms with Crippen LogP contribution in [0.15, 0.2) is 165 Å². The molecule has 8 aromatic carbocycles. The molecule has 102 heavy (non-hydrogen) atoms. The minimum atomic E-state index is -3.63. The molecule has 522 valence electrons. The van der Waals surface area contributed by atoms with Gasteiger partial charge in [0.2, 0.25) is 15.7 Å². The summed E-state index contributed by atoms with van der Waals surface area (Å²) in [5.41, 5.74) is 21.1. The van der Waals surface area contributed by atoms with Crippen LogP contribution < -0.4 is 30.7 Å². The number of H-pyrrole nitrogens is 4. The van der Waals surface area contributed by atoms with E-state index in [0.717, 1.165) is 89.4 Å². The van der Waals surface area contributed by atoms with Crippen molar-refractivity contribution in [1.29, 1.82) is 0 Å². The number of nitrogens with zero attached hydrogens (tertiary/aromatic N) is 16. The van der Waals surface area contributed by atoms with E-state index in [2.05, 4.69) is 146 Å². The van der Waals surface area contributed by atoms with Crippen LogP contribution in [0.4, 0.5) is 45.5 Å². The molecule has 16 rings (SSSR count). The molecule has 0 aliphatic carbocycles. The molecule has 0 radical (unpaired) electrons. The Hall–Kier alpha value is -10.1.